The van der Waals surface area contributed by atoms with Gasteiger partial charge in [0.2, 0.25) is 0 Å². The fraction of sp³-hybridized carbons (Fsp3) is 0.412. The van der Waals surface area contributed by atoms with Gasteiger partial charge in [-0.25, -0.2) is 9.48 Å². The molecule has 1 heterocycles. The Kier molecular flexibility index (Phi) is 6.00. The van der Waals surface area contributed by atoms with Gasteiger partial charge in [-0.05, 0) is 25.1 Å². The molecule has 5 nitrogen and oxygen atoms in total. The number of halogens is 1. The van der Waals surface area contributed by atoms with Crippen molar-refractivity contribution in [2.24, 2.45) is 0 Å². The zero-order valence-corrected chi connectivity index (χ0v) is 17.1. The van der Waals surface area contributed by atoms with Gasteiger partial charge >= 0.3 is 5.97 Å². The molecule has 24 heavy (non-hydrogen) atoms. The van der Waals surface area contributed by atoms with Crippen LogP contribution in [0.1, 0.15) is 16.1 Å². The van der Waals surface area contributed by atoms with Gasteiger partial charge in [0.05, 0.1) is 5.69 Å². The Morgan fingerprint density at radius 2 is 1.92 bits per heavy atom. The number of aromatic carboxylic acids is 1. The van der Waals surface area contributed by atoms with E-state index in [9.17, 15) is 9.90 Å². The van der Waals surface area contributed by atoms with E-state index < -0.39 is 14.0 Å². The van der Waals surface area contributed by atoms with E-state index in [0.29, 0.717) is 18.0 Å². The molecule has 1 N–H and O–H groups in total. The molecule has 1 aromatic carbocycles. The molecular weight excluding hydrogens is 388 g/mol. The van der Waals surface area contributed by atoms with Crippen LogP contribution in [0.2, 0.25) is 25.7 Å². The minimum Gasteiger partial charge on any atom is -0.478 e. The highest BCUT2D eigenvalue weighted by Crippen LogP contribution is 2.26. The number of hydrogen-bond donors (Lipinski definition) is 1. The maximum Gasteiger partial charge on any atom is 0.339 e. The smallest absolute Gasteiger partial charge is 0.339 e. The van der Waals surface area contributed by atoms with E-state index in [2.05, 4.69) is 40.7 Å². The first-order valence-electron chi connectivity index (χ1n) is 7.83. The maximum atomic E-state index is 11.7. The molecule has 0 amide bonds. The zero-order chi connectivity index (χ0) is 17.9. The molecule has 0 aliphatic carbocycles. The summed E-state index contributed by atoms with van der Waals surface area (Å²) in [6.45, 7) is 9.59. The Bertz CT molecular complexity index is 721. The van der Waals surface area contributed by atoms with Crippen molar-refractivity contribution in [2.45, 2.75) is 39.3 Å². The number of benzene rings is 1. The number of ether oxygens (including phenoxy) is 1. The topological polar surface area (TPSA) is 64.3 Å². The van der Waals surface area contributed by atoms with Gasteiger partial charge in [-0.1, -0.05) is 47.7 Å². The van der Waals surface area contributed by atoms with Crippen molar-refractivity contribution < 1.29 is 14.6 Å². The van der Waals surface area contributed by atoms with Crippen LogP contribution in [0.15, 0.2) is 28.7 Å². The summed E-state index contributed by atoms with van der Waals surface area (Å²) >= 11 is 3.38. The molecule has 0 saturated heterocycles. The lowest BCUT2D eigenvalue weighted by Crippen LogP contribution is -2.22. The van der Waals surface area contributed by atoms with Crippen molar-refractivity contribution in [3.63, 3.8) is 0 Å². The molecular formula is C17H23BrN2O3Si. The highest BCUT2D eigenvalue weighted by Gasteiger charge is 2.22. The van der Waals surface area contributed by atoms with Crippen molar-refractivity contribution in [1.82, 2.24) is 9.78 Å². The van der Waals surface area contributed by atoms with Gasteiger partial charge in [0.25, 0.3) is 0 Å². The lowest BCUT2D eigenvalue weighted by Gasteiger charge is -2.15. The molecule has 7 heteroatoms. The summed E-state index contributed by atoms with van der Waals surface area (Å²) in [5, 5.41) is 14.0. The Labute approximate surface area is 151 Å². The van der Waals surface area contributed by atoms with Gasteiger partial charge in [0.1, 0.15) is 18.0 Å². The second-order valence-corrected chi connectivity index (χ2v) is 13.5. The third-order valence-corrected chi connectivity index (χ3v) is 5.98. The number of hydrogen-bond acceptors (Lipinski definition) is 3. The van der Waals surface area contributed by atoms with Crippen LogP contribution >= 0.6 is 15.9 Å². The van der Waals surface area contributed by atoms with E-state index in [1.807, 2.05) is 24.3 Å². The highest BCUT2D eigenvalue weighted by molar-refractivity contribution is 9.10. The van der Waals surface area contributed by atoms with Crippen LogP contribution in [-0.4, -0.2) is 35.5 Å². The summed E-state index contributed by atoms with van der Waals surface area (Å²) in [5.74, 6) is -0.973. The third kappa shape index (κ3) is 4.78. The molecule has 0 unspecified atom stereocenters. The number of rotatable bonds is 7. The average Bonchev–Trinajstić information content (AvgIpc) is 2.80. The van der Waals surface area contributed by atoms with E-state index in [0.717, 1.165) is 16.1 Å². The molecule has 0 bridgehead atoms. The summed E-state index contributed by atoms with van der Waals surface area (Å²) in [6.07, 6.45) is 0. The fourth-order valence-electron chi connectivity index (χ4n) is 2.27. The first kappa shape index (κ1) is 18.9. The SMILES string of the molecule is Cc1c(C(=O)O)c(-c2ccc(Br)cc2)nn1COCC[Si](C)(C)C. The van der Waals surface area contributed by atoms with Gasteiger partial charge < -0.3 is 9.84 Å². The molecule has 0 aliphatic heterocycles. The number of aromatic nitrogens is 2. The van der Waals surface area contributed by atoms with Crippen LogP contribution in [0.5, 0.6) is 0 Å². The van der Waals surface area contributed by atoms with Crippen LogP contribution in [0.4, 0.5) is 0 Å². The van der Waals surface area contributed by atoms with E-state index in [1.165, 1.54) is 0 Å². The molecule has 0 saturated carbocycles. The predicted molar refractivity (Wildman–Crippen MR) is 101 cm³/mol. The monoisotopic (exact) mass is 410 g/mol. The Morgan fingerprint density at radius 1 is 1.29 bits per heavy atom. The van der Waals surface area contributed by atoms with Gasteiger partial charge in [-0.2, -0.15) is 5.10 Å². The lowest BCUT2D eigenvalue weighted by molar-refractivity contribution is 0.0690. The minimum absolute atomic E-state index is 0.228. The predicted octanol–water partition coefficient (Wildman–Crippen LogP) is 4.63. The van der Waals surface area contributed by atoms with Crippen molar-refractivity contribution in [2.75, 3.05) is 6.61 Å². The molecule has 0 aliphatic rings. The number of carboxylic acid groups (broad SMARTS) is 1. The van der Waals surface area contributed by atoms with Crippen molar-refractivity contribution >= 4 is 30.0 Å². The van der Waals surface area contributed by atoms with E-state index >= 15 is 0 Å². The van der Waals surface area contributed by atoms with Crippen LogP contribution < -0.4 is 0 Å². The quantitative estimate of drug-likeness (QED) is 0.533. The molecule has 2 rings (SSSR count). The minimum atomic E-state index is -1.14. The Morgan fingerprint density at radius 3 is 2.46 bits per heavy atom. The summed E-state index contributed by atoms with van der Waals surface area (Å²) in [4.78, 5) is 11.7. The van der Waals surface area contributed by atoms with Gasteiger partial charge in [0.15, 0.2) is 0 Å². The normalized spacial score (nSPS) is 11.7. The maximum absolute atomic E-state index is 11.7. The molecule has 0 spiro atoms. The number of carbonyl (C=O) groups is 1. The summed E-state index contributed by atoms with van der Waals surface area (Å²) in [7, 11) is -1.14. The van der Waals surface area contributed by atoms with Crippen LogP contribution in [0.25, 0.3) is 11.3 Å². The van der Waals surface area contributed by atoms with Crippen molar-refractivity contribution in [3.05, 3.63) is 40.0 Å². The van der Waals surface area contributed by atoms with E-state index in [-0.39, 0.29) is 12.3 Å². The largest absolute Gasteiger partial charge is 0.478 e. The standard InChI is InChI=1S/C17H23BrN2O3Si/c1-12-15(17(21)22)16(13-5-7-14(18)8-6-13)19-20(12)11-23-9-10-24(2,3)4/h5-8H,9-11H2,1-4H3,(H,21,22). The van der Waals surface area contributed by atoms with Gasteiger partial charge in [-0.3, -0.25) is 0 Å². The highest BCUT2D eigenvalue weighted by atomic mass is 79.9. The fourth-order valence-corrected chi connectivity index (χ4v) is 3.29. The second kappa shape index (κ2) is 7.63. The molecule has 2 aromatic rings. The summed E-state index contributed by atoms with van der Waals surface area (Å²) in [6, 6.07) is 8.53. The third-order valence-electron chi connectivity index (χ3n) is 3.75. The lowest BCUT2D eigenvalue weighted by atomic mass is 10.1. The molecule has 0 radical (unpaired) electrons. The summed E-state index contributed by atoms with van der Waals surface area (Å²) < 4.78 is 8.28. The van der Waals surface area contributed by atoms with E-state index in [1.54, 1.807) is 11.6 Å². The van der Waals surface area contributed by atoms with Crippen molar-refractivity contribution in [1.29, 1.82) is 0 Å². The number of carboxylic acids is 1. The molecule has 130 valence electrons. The second-order valence-electron chi connectivity index (χ2n) is 6.97. The first-order chi connectivity index (χ1) is 11.2. The Hall–Kier alpha value is -1.44. The molecule has 1 aromatic heterocycles. The zero-order valence-electron chi connectivity index (χ0n) is 14.5. The van der Waals surface area contributed by atoms with Crippen molar-refractivity contribution in [3.8, 4) is 11.3 Å². The van der Waals surface area contributed by atoms with E-state index in [4.69, 9.17) is 4.74 Å². The summed E-state index contributed by atoms with van der Waals surface area (Å²) in [5.41, 5.74) is 2.08. The van der Waals surface area contributed by atoms with Crippen LogP contribution in [0.3, 0.4) is 0 Å². The van der Waals surface area contributed by atoms with Gasteiger partial charge in [0, 0.05) is 24.7 Å². The van der Waals surface area contributed by atoms with Crippen LogP contribution in [0, 0.1) is 6.92 Å². The molecule has 0 atom stereocenters. The van der Waals surface area contributed by atoms with Crippen LogP contribution in [-0.2, 0) is 11.5 Å². The molecule has 0 fully saturated rings. The first-order valence-corrected chi connectivity index (χ1v) is 12.3. The Balaban J connectivity index is 2.23. The van der Waals surface area contributed by atoms with Gasteiger partial charge in [-0.15, -0.1) is 0 Å². The average molecular weight is 411 g/mol. The number of nitrogens with zero attached hydrogens (tertiary/aromatic N) is 2.